The lowest BCUT2D eigenvalue weighted by Gasteiger charge is -2.11. The van der Waals surface area contributed by atoms with Crippen LogP contribution in [0.25, 0.3) is 5.57 Å². The predicted octanol–water partition coefficient (Wildman–Crippen LogP) is 1.75. The molecule has 2 nitrogen and oxygen atoms in total. The first-order valence-corrected chi connectivity index (χ1v) is 4.40. The van der Waals surface area contributed by atoms with Gasteiger partial charge < -0.3 is 5.73 Å². The van der Waals surface area contributed by atoms with Gasteiger partial charge in [0.05, 0.1) is 0 Å². The molecule has 1 heterocycles. The lowest BCUT2D eigenvalue weighted by Crippen LogP contribution is -2.17. The second-order valence-corrected chi connectivity index (χ2v) is 3.16. The molecule has 0 spiro atoms. The molecule has 0 saturated heterocycles. The summed E-state index contributed by atoms with van der Waals surface area (Å²) in [5.41, 5.74) is 8.10. The first kappa shape index (κ1) is 8.20. The molecular formula is C11H12N2. The summed E-state index contributed by atoms with van der Waals surface area (Å²) in [7, 11) is 0. The smallest absolute Gasteiger partial charge is 0.0346 e. The minimum atomic E-state index is 0.181. The highest BCUT2D eigenvalue weighted by Gasteiger charge is 2.04. The third-order valence-electron chi connectivity index (χ3n) is 2.13. The summed E-state index contributed by atoms with van der Waals surface area (Å²) in [6, 6.07) is 4.18. The van der Waals surface area contributed by atoms with Crippen LogP contribution in [-0.2, 0) is 0 Å². The number of rotatable bonds is 1. The summed E-state index contributed by atoms with van der Waals surface area (Å²) in [5.74, 6) is 0. The largest absolute Gasteiger partial charge is 0.324 e. The van der Waals surface area contributed by atoms with Crippen LogP contribution < -0.4 is 5.73 Å². The molecule has 1 aromatic rings. The number of nitrogens with two attached hydrogens (primary N) is 1. The van der Waals surface area contributed by atoms with Crippen LogP contribution in [0.1, 0.15) is 12.0 Å². The van der Waals surface area contributed by atoms with Gasteiger partial charge in [-0.15, -0.1) is 0 Å². The van der Waals surface area contributed by atoms with Gasteiger partial charge in [0.1, 0.15) is 0 Å². The van der Waals surface area contributed by atoms with Gasteiger partial charge in [0.15, 0.2) is 0 Å². The van der Waals surface area contributed by atoms with Gasteiger partial charge in [0, 0.05) is 18.4 Å². The summed E-state index contributed by atoms with van der Waals surface area (Å²) in [6.07, 6.45) is 10.8. The van der Waals surface area contributed by atoms with Crippen LogP contribution in [0.3, 0.4) is 0 Å². The molecule has 66 valence electrons. The molecule has 0 unspecified atom stereocenters. The number of allylic oxidation sites excluding steroid dienone is 2. The number of hydrogen-bond acceptors (Lipinski definition) is 2. The van der Waals surface area contributed by atoms with Crippen LogP contribution in [0.15, 0.2) is 42.8 Å². The van der Waals surface area contributed by atoms with Crippen molar-refractivity contribution in [2.45, 2.75) is 12.5 Å². The van der Waals surface area contributed by atoms with E-state index in [0.717, 1.165) is 12.0 Å². The SMILES string of the molecule is N[C@@H]1C=CC(c2cccnc2)=CC1. The van der Waals surface area contributed by atoms with Crippen molar-refractivity contribution in [1.82, 2.24) is 4.98 Å². The minimum Gasteiger partial charge on any atom is -0.324 e. The fourth-order valence-electron chi connectivity index (χ4n) is 1.38. The fourth-order valence-corrected chi connectivity index (χ4v) is 1.38. The van der Waals surface area contributed by atoms with E-state index >= 15 is 0 Å². The van der Waals surface area contributed by atoms with Crippen molar-refractivity contribution in [3.63, 3.8) is 0 Å². The standard InChI is InChI=1S/C11H12N2/c12-11-5-3-9(4-6-11)10-2-1-7-13-8-10/h1-5,7-8,11H,6,12H2/t11-/m1/s1. The molecule has 0 fully saturated rings. The lowest BCUT2D eigenvalue weighted by atomic mass is 9.99. The Hall–Kier alpha value is -1.41. The van der Waals surface area contributed by atoms with E-state index in [0.29, 0.717) is 0 Å². The summed E-state index contributed by atoms with van der Waals surface area (Å²) in [4.78, 5) is 4.07. The van der Waals surface area contributed by atoms with Crippen molar-refractivity contribution in [3.05, 3.63) is 48.3 Å². The molecule has 1 aliphatic carbocycles. The van der Waals surface area contributed by atoms with E-state index in [4.69, 9.17) is 5.73 Å². The lowest BCUT2D eigenvalue weighted by molar-refractivity contribution is 0.828. The van der Waals surface area contributed by atoms with E-state index in [9.17, 15) is 0 Å². The second-order valence-electron chi connectivity index (χ2n) is 3.16. The normalized spacial score (nSPS) is 21.3. The third-order valence-corrected chi connectivity index (χ3v) is 2.13. The maximum Gasteiger partial charge on any atom is 0.0346 e. The maximum atomic E-state index is 5.73. The van der Waals surface area contributed by atoms with E-state index in [1.54, 1.807) is 6.20 Å². The Kier molecular flexibility index (Phi) is 2.23. The monoisotopic (exact) mass is 172 g/mol. The molecule has 2 heteroatoms. The van der Waals surface area contributed by atoms with E-state index in [1.165, 1.54) is 5.57 Å². The van der Waals surface area contributed by atoms with Crippen molar-refractivity contribution in [1.29, 1.82) is 0 Å². The molecule has 1 aromatic heterocycles. The van der Waals surface area contributed by atoms with E-state index < -0.39 is 0 Å². The van der Waals surface area contributed by atoms with Gasteiger partial charge >= 0.3 is 0 Å². The van der Waals surface area contributed by atoms with E-state index in [-0.39, 0.29) is 6.04 Å². The molecule has 0 bridgehead atoms. The van der Waals surface area contributed by atoms with Gasteiger partial charge in [-0.1, -0.05) is 24.3 Å². The summed E-state index contributed by atoms with van der Waals surface area (Å²) < 4.78 is 0. The summed E-state index contributed by atoms with van der Waals surface area (Å²) >= 11 is 0. The van der Waals surface area contributed by atoms with E-state index in [1.807, 2.05) is 18.3 Å². The van der Waals surface area contributed by atoms with Gasteiger partial charge in [0.2, 0.25) is 0 Å². The quantitative estimate of drug-likeness (QED) is 0.701. The zero-order chi connectivity index (χ0) is 9.10. The number of pyridine rings is 1. The highest BCUT2D eigenvalue weighted by Crippen LogP contribution is 2.19. The molecule has 0 amide bonds. The number of hydrogen-bond donors (Lipinski definition) is 1. The molecule has 2 rings (SSSR count). The molecule has 0 saturated carbocycles. The van der Waals surface area contributed by atoms with Crippen LogP contribution in [0, 0.1) is 0 Å². The van der Waals surface area contributed by atoms with Gasteiger partial charge in [-0.2, -0.15) is 0 Å². The average Bonchev–Trinajstić information content (AvgIpc) is 2.20. The predicted molar refractivity (Wildman–Crippen MR) is 53.9 cm³/mol. The van der Waals surface area contributed by atoms with Crippen LogP contribution in [0.2, 0.25) is 0 Å². The number of nitrogens with zero attached hydrogens (tertiary/aromatic N) is 1. The molecule has 1 atom stereocenters. The van der Waals surface area contributed by atoms with Crippen LogP contribution in [0.4, 0.5) is 0 Å². The fraction of sp³-hybridized carbons (Fsp3) is 0.182. The first-order valence-electron chi connectivity index (χ1n) is 4.40. The molecule has 13 heavy (non-hydrogen) atoms. The Labute approximate surface area is 77.8 Å². The van der Waals surface area contributed by atoms with Crippen molar-refractivity contribution >= 4 is 5.57 Å². The zero-order valence-electron chi connectivity index (χ0n) is 7.35. The Balaban J connectivity index is 2.25. The van der Waals surface area contributed by atoms with Crippen LogP contribution in [0.5, 0.6) is 0 Å². The number of aromatic nitrogens is 1. The topological polar surface area (TPSA) is 38.9 Å². The molecular weight excluding hydrogens is 160 g/mol. The van der Waals surface area contributed by atoms with Crippen molar-refractivity contribution in [2.24, 2.45) is 5.73 Å². The summed E-state index contributed by atoms with van der Waals surface area (Å²) in [5, 5.41) is 0. The first-order chi connectivity index (χ1) is 6.36. The maximum absolute atomic E-state index is 5.73. The van der Waals surface area contributed by atoms with Gasteiger partial charge in [-0.05, 0) is 23.6 Å². The highest BCUT2D eigenvalue weighted by molar-refractivity contribution is 5.74. The van der Waals surface area contributed by atoms with Gasteiger partial charge in [-0.25, -0.2) is 0 Å². The Morgan fingerprint density at radius 3 is 3.00 bits per heavy atom. The van der Waals surface area contributed by atoms with Crippen molar-refractivity contribution in [3.8, 4) is 0 Å². The van der Waals surface area contributed by atoms with Crippen molar-refractivity contribution < 1.29 is 0 Å². The Morgan fingerprint density at radius 2 is 2.38 bits per heavy atom. The van der Waals surface area contributed by atoms with Crippen LogP contribution >= 0.6 is 0 Å². The Morgan fingerprint density at radius 1 is 1.46 bits per heavy atom. The average molecular weight is 172 g/mol. The van der Waals surface area contributed by atoms with Gasteiger partial charge in [0.25, 0.3) is 0 Å². The minimum absolute atomic E-state index is 0.181. The molecule has 0 aliphatic heterocycles. The molecule has 2 N–H and O–H groups in total. The summed E-state index contributed by atoms with van der Waals surface area (Å²) in [6.45, 7) is 0. The van der Waals surface area contributed by atoms with Gasteiger partial charge in [-0.3, -0.25) is 4.98 Å². The molecule has 0 aromatic carbocycles. The van der Waals surface area contributed by atoms with E-state index in [2.05, 4.69) is 23.2 Å². The molecule has 0 radical (unpaired) electrons. The zero-order valence-corrected chi connectivity index (χ0v) is 7.35. The third kappa shape index (κ3) is 1.84. The molecule has 1 aliphatic rings. The second kappa shape index (κ2) is 3.54. The van der Waals surface area contributed by atoms with Crippen LogP contribution in [-0.4, -0.2) is 11.0 Å². The Bertz CT molecular complexity index is 338. The highest BCUT2D eigenvalue weighted by atomic mass is 14.6. The van der Waals surface area contributed by atoms with Crippen molar-refractivity contribution in [2.75, 3.05) is 0 Å².